The molecule has 2 heterocycles. The number of anilines is 1. The third kappa shape index (κ3) is 7.62. The second-order valence-electron chi connectivity index (χ2n) is 16.2. The first kappa shape index (κ1) is 38.3. The molecule has 0 bridgehead atoms. The number of amides is 3. The van der Waals surface area contributed by atoms with Crippen LogP contribution in [0.5, 0.6) is 5.88 Å². The smallest absolute Gasteiger partial charge is 0.410 e. The zero-order valence-corrected chi connectivity index (χ0v) is 33.8. The van der Waals surface area contributed by atoms with Gasteiger partial charge in [0.05, 0.1) is 19.3 Å². The van der Waals surface area contributed by atoms with E-state index in [1.807, 2.05) is 112 Å². The standard InChI is InChI=1S/C45H50N6O5S/c1-44(2,3)56-43(53)50(4)28-31-29-51-41(55-30-31)39(27-46-51)57(54,48-42(52)47-40-37-24-14-16-32(37)26-33-17-15-25-38(33)40)49-45(34-18-8-5-9-19-34,35-20-10-6-11-21-35)36-22-12-7-13-23-36/h5-13,18-23,26-27,31H,14-17,24-25,28-30H2,1-4H3,(H2,47,48,49,52,54)/t31-,57+/m1/s1. The molecule has 2 atom stereocenters. The highest BCUT2D eigenvalue weighted by atomic mass is 32.2. The number of aromatic nitrogens is 2. The van der Waals surface area contributed by atoms with Crippen LogP contribution >= 0.6 is 0 Å². The molecule has 0 saturated heterocycles. The lowest BCUT2D eigenvalue weighted by molar-refractivity contribution is 0.0232. The Morgan fingerprint density at radius 3 is 1.95 bits per heavy atom. The second-order valence-corrected chi connectivity index (χ2v) is 18.1. The van der Waals surface area contributed by atoms with Crippen LogP contribution in [-0.4, -0.2) is 56.8 Å². The summed E-state index contributed by atoms with van der Waals surface area (Å²) in [6, 6.07) is 30.9. The van der Waals surface area contributed by atoms with E-state index in [4.69, 9.17) is 13.8 Å². The average molecular weight is 787 g/mol. The summed E-state index contributed by atoms with van der Waals surface area (Å²) in [4.78, 5) is 29.0. The highest BCUT2D eigenvalue weighted by molar-refractivity contribution is 7.92. The van der Waals surface area contributed by atoms with E-state index in [-0.39, 0.29) is 23.3 Å². The van der Waals surface area contributed by atoms with E-state index >= 15 is 4.21 Å². The molecule has 0 radical (unpaired) electrons. The number of nitrogens with zero attached hydrogens (tertiary/aromatic N) is 4. The molecule has 57 heavy (non-hydrogen) atoms. The van der Waals surface area contributed by atoms with Crippen molar-refractivity contribution in [2.75, 3.05) is 25.5 Å². The molecule has 3 aliphatic rings. The number of rotatable bonds is 9. The van der Waals surface area contributed by atoms with Crippen LogP contribution in [0, 0.1) is 5.92 Å². The van der Waals surface area contributed by atoms with E-state index in [2.05, 4.69) is 21.2 Å². The summed E-state index contributed by atoms with van der Waals surface area (Å²) in [6.07, 6.45) is 6.84. The summed E-state index contributed by atoms with van der Waals surface area (Å²) >= 11 is 0. The van der Waals surface area contributed by atoms with Crippen LogP contribution in [0.1, 0.15) is 72.6 Å². The lowest BCUT2D eigenvalue weighted by Crippen LogP contribution is -2.41. The van der Waals surface area contributed by atoms with Gasteiger partial charge in [-0.2, -0.15) is 9.46 Å². The van der Waals surface area contributed by atoms with Crippen LogP contribution in [0.3, 0.4) is 0 Å². The Labute approximate surface area is 335 Å². The SMILES string of the molecule is CN(C[C@H]1COc2c([S@@](=O)(=NC(c3ccccc3)(c3ccccc3)c3ccccc3)NC(=O)Nc3c4c(cc5c3CCC5)CCC4)cnn2C1)C(=O)OC(C)(C)C. The van der Waals surface area contributed by atoms with E-state index in [0.29, 0.717) is 13.1 Å². The van der Waals surface area contributed by atoms with Gasteiger partial charge in [0.2, 0.25) is 5.88 Å². The molecular formula is C45H50N6O5S. The van der Waals surface area contributed by atoms with Gasteiger partial charge in [0.25, 0.3) is 0 Å². The molecule has 2 N–H and O–H groups in total. The molecule has 0 saturated carbocycles. The third-order valence-electron chi connectivity index (χ3n) is 11.0. The van der Waals surface area contributed by atoms with Gasteiger partial charge in [-0.1, -0.05) is 97.1 Å². The number of carbonyl (C=O) groups excluding carboxylic acids is 2. The van der Waals surface area contributed by atoms with Crippen LogP contribution < -0.4 is 14.8 Å². The van der Waals surface area contributed by atoms with Crippen molar-refractivity contribution >= 4 is 27.7 Å². The average Bonchev–Trinajstić information content (AvgIpc) is 3.98. The van der Waals surface area contributed by atoms with E-state index in [1.165, 1.54) is 22.2 Å². The number of carbonyl (C=O) groups is 2. The molecular weight excluding hydrogens is 737 g/mol. The van der Waals surface area contributed by atoms with E-state index in [1.54, 1.807) is 11.7 Å². The van der Waals surface area contributed by atoms with Crippen molar-refractivity contribution in [3.63, 3.8) is 0 Å². The Morgan fingerprint density at radius 1 is 0.877 bits per heavy atom. The van der Waals surface area contributed by atoms with Crippen LogP contribution in [0.4, 0.5) is 15.3 Å². The first-order valence-electron chi connectivity index (χ1n) is 19.8. The van der Waals surface area contributed by atoms with Gasteiger partial charge in [0.15, 0.2) is 9.92 Å². The number of ether oxygens (including phenoxy) is 2. The molecule has 5 aromatic rings. The minimum atomic E-state index is -3.92. The van der Waals surface area contributed by atoms with Crippen molar-refractivity contribution in [2.24, 2.45) is 10.3 Å². The maximum atomic E-state index is 16.3. The van der Waals surface area contributed by atoms with Gasteiger partial charge in [-0.15, -0.1) is 0 Å². The predicted octanol–water partition coefficient (Wildman–Crippen LogP) is 8.29. The third-order valence-corrected chi connectivity index (χ3v) is 12.8. The fourth-order valence-electron chi connectivity index (χ4n) is 8.48. The van der Waals surface area contributed by atoms with E-state index in [0.717, 1.165) is 72.0 Å². The van der Waals surface area contributed by atoms with Gasteiger partial charge in [0, 0.05) is 25.2 Å². The molecule has 2 aliphatic carbocycles. The molecule has 11 nitrogen and oxygen atoms in total. The van der Waals surface area contributed by atoms with Crippen molar-refractivity contribution in [3.05, 3.63) is 142 Å². The Hall–Kier alpha value is -5.62. The molecule has 1 aromatic heterocycles. The number of urea groups is 1. The van der Waals surface area contributed by atoms with Gasteiger partial charge in [-0.3, -0.25) is 0 Å². The molecule has 12 heteroatoms. The van der Waals surface area contributed by atoms with Crippen molar-refractivity contribution in [1.29, 1.82) is 0 Å². The summed E-state index contributed by atoms with van der Waals surface area (Å²) in [5.41, 5.74) is 6.04. The van der Waals surface area contributed by atoms with Gasteiger partial charge in [0.1, 0.15) is 16.0 Å². The van der Waals surface area contributed by atoms with Gasteiger partial charge in [-0.25, -0.2) is 23.2 Å². The molecule has 3 amide bonds. The number of hydrogen-bond acceptors (Lipinski definition) is 7. The fraction of sp³-hybridized carbons (Fsp3) is 0.356. The summed E-state index contributed by atoms with van der Waals surface area (Å²) in [6.45, 7) is 6.45. The summed E-state index contributed by atoms with van der Waals surface area (Å²) < 4.78 is 38.2. The largest absolute Gasteiger partial charge is 0.476 e. The predicted molar refractivity (Wildman–Crippen MR) is 221 cm³/mol. The summed E-state index contributed by atoms with van der Waals surface area (Å²) in [7, 11) is -2.23. The molecule has 296 valence electrons. The Kier molecular flexibility index (Phi) is 10.3. The lowest BCUT2D eigenvalue weighted by atomic mass is 9.78. The molecule has 0 unspecified atom stereocenters. The number of nitrogens with one attached hydrogen (secondary N) is 2. The Morgan fingerprint density at radius 2 is 1.42 bits per heavy atom. The highest BCUT2D eigenvalue weighted by Crippen LogP contribution is 2.44. The second kappa shape index (κ2) is 15.4. The fourth-order valence-corrected chi connectivity index (χ4v) is 10.3. The van der Waals surface area contributed by atoms with Crippen molar-refractivity contribution in [2.45, 2.75) is 81.9 Å². The van der Waals surface area contributed by atoms with Gasteiger partial charge < -0.3 is 19.7 Å². The quantitative estimate of drug-likeness (QED) is 0.145. The minimum Gasteiger partial charge on any atom is -0.476 e. The topological polar surface area (TPSA) is 127 Å². The highest BCUT2D eigenvalue weighted by Gasteiger charge is 2.41. The zero-order chi connectivity index (χ0) is 39.8. The summed E-state index contributed by atoms with van der Waals surface area (Å²) in [5.74, 6) is 0.121. The molecule has 8 rings (SSSR count). The number of aryl methyl sites for hydroxylation is 2. The zero-order valence-electron chi connectivity index (χ0n) is 33.0. The maximum Gasteiger partial charge on any atom is 0.410 e. The molecule has 0 spiro atoms. The van der Waals surface area contributed by atoms with E-state index < -0.39 is 33.2 Å². The van der Waals surface area contributed by atoms with Crippen LogP contribution in [0.2, 0.25) is 0 Å². The maximum absolute atomic E-state index is 16.3. The van der Waals surface area contributed by atoms with Crippen molar-refractivity contribution < 1.29 is 23.3 Å². The normalized spacial score (nSPS) is 16.9. The Bertz CT molecular complexity index is 2270. The number of hydrogen-bond donors (Lipinski definition) is 2. The minimum absolute atomic E-state index is 0.133. The van der Waals surface area contributed by atoms with Crippen molar-refractivity contribution in [3.8, 4) is 5.88 Å². The Balaban J connectivity index is 1.25. The first-order valence-corrected chi connectivity index (χ1v) is 21.3. The summed E-state index contributed by atoms with van der Waals surface area (Å²) in [5, 5.41) is 7.86. The van der Waals surface area contributed by atoms with E-state index in [9.17, 15) is 9.59 Å². The van der Waals surface area contributed by atoms with Crippen LogP contribution in [0.25, 0.3) is 0 Å². The molecule has 0 fully saturated rings. The van der Waals surface area contributed by atoms with Crippen LogP contribution in [0.15, 0.2) is 113 Å². The van der Waals surface area contributed by atoms with Crippen molar-refractivity contribution in [1.82, 2.24) is 19.4 Å². The number of benzene rings is 4. The first-order chi connectivity index (χ1) is 27.4. The monoisotopic (exact) mass is 786 g/mol. The van der Waals surface area contributed by atoms with Gasteiger partial charge in [-0.05, 0) is 98.2 Å². The molecule has 1 aliphatic heterocycles. The number of fused-ring (bicyclic) bond motifs is 3. The molecule has 4 aromatic carbocycles. The van der Waals surface area contributed by atoms with Gasteiger partial charge >= 0.3 is 12.1 Å². The lowest BCUT2D eigenvalue weighted by Gasteiger charge is -2.33. The van der Waals surface area contributed by atoms with Crippen LogP contribution in [-0.2, 0) is 52.4 Å².